The molecule has 0 spiro atoms. The summed E-state index contributed by atoms with van der Waals surface area (Å²) in [6, 6.07) is 6.97. The molecule has 1 aromatic carbocycles. The number of amides is 1. The number of methoxy groups -OCH3 is 1. The molecule has 1 saturated carbocycles. The van der Waals surface area contributed by atoms with E-state index in [1.807, 2.05) is 0 Å². The topological polar surface area (TPSA) is 75.6 Å². The van der Waals surface area contributed by atoms with Crippen LogP contribution in [0.3, 0.4) is 0 Å². The molecule has 1 aromatic rings. The first-order valence-corrected chi connectivity index (χ1v) is 8.26. The predicted molar refractivity (Wildman–Crippen MR) is 87.8 cm³/mol. The molecule has 6 heteroatoms. The summed E-state index contributed by atoms with van der Waals surface area (Å²) in [6.45, 7) is 0. The third kappa shape index (κ3) is 3.96. The van der Waals surface area contributed by atoms with Gasteiger partial charge in [0.25, 0.3) is 0 Å². The Labute approximate surface area is 141 Å². The zero-order valence-corrected chi connectivity index (χ0v) is 13.9. The van der Waals surface area contributed by atoms with E-state index < -0.39 is 22.8 Å². The number of alkyl halides is 1. The molecular formula is C17H22ClNO4. The summed E-state index contributed by atoms with van der Waals surface area (Å²) in [5.74, 6) is -0.981. The SMILES string of the molecule is COc1ccccc1C(Cl)C(=O)NC1(C(=O)O)CCCCCC1. The first-order chi connectivity index (χ1) is 11.0. The fraction of sp³-hybridized carbons (Fsp3) is 0.529. The minimum Gasteiger partial charge on any atom is -0.496 e. The van der Waals surface area contributed by atoms with Crippen LogP contribution in [-0.4, -0.2) is 29.6 Å². The van der Waals surface area contributed by atoms with Crippen molar-refractivity contribution in [2.45, 2.75) is 49.4 Å². The third-order valence-electron chi connectivity index (χ3n) is 4.37. The number of benzene rings is 1. The van der Waals surface area contributed by atoms with Gasteiger partial charge < -0.3 is 15.2 Å². The van der Waals surface area contributed by atoms with Gasteiger partial charge in [-0.2, -0.15) is 0 Å². The normalized spacial score (nSPS) is 18.5. The number of halogens is 1. The second-order valence-corrected chi connectivity index (χ2v) is 6.33. The van der Waals surface area contributed by atoms with Gasteiger partial charge in [0.15, 0.2) is 0 Å². The van der Waals surface area contributed by atoms with Gasteiger partial charge in [-0.05, 0) is 18.9 Å². The molecular weight excluding hydrogens is 318 g/mol. The fourth-order valence-corrected chi connectivity index (χ4v) is 3.28. The number of hydrogen-bond donors (Lipinski definition) is 2. The summed E-state index contributed by atoms with van der Waals surface area (Å²) in [7, 11) is 1.50. The molecule has 1 atom stereocenters. The number of para-hydroxylation sites is 1. The quantitative estimate of drug-likeness (QED) is 0.637. The minimum absolute atomic E-state index is 0.434. The van der Waals surface area contributed by atoms with Crippen LogP contribution in [0.1, 0.15) is 49.5 Å². The van der Waals surface area contributed by atoms with Crippen molar-refractivity contribution >= 4 is 23.5 Å². The Morgan fingerprint density at radius 1 is 1.22 bits per heavy atom. The highest BCUT2D eigenvalue weighted by Crippen LogP contribution is 2.32. The van der Waals surface area contributed by atoms with Crippen molar-refractivity contribution < 1.29 is 19.4 Å². The van der Waals surface area contributed by atoms with Crippen molar-refractivity contribution in [1.82, 2.24) is 5.32 Å². The Hall–Kier alpha value is -1.75. The zero-order valence-electron chi connectivity index (χ0n) is 13.2. The largest absolute Gasteiger partial charge is 0.496 e. The van der Waals surface area contributed by atoms with E-state index in [9.17, 15) is 14.7 Å². The van der Waals surface area contributed by atoms with Gasteiger partial charge in [-0.25, -0.2) is 4.79 Å². The van der Waals surface area contributed by atoms with Crippen LogP contribution in [0.2, 0.25) is 0 Å². The molecule has 2 rings (SSSR count). The van der Waals surface area contributed by atoms with Crippen LogP contribution in [0.15, 0.2) is 24.3 Å². The molecule has 23 heavy (non-hydrogen) atoms. The molecule has 0 heterocycles. The molecule has 0 aromatic heterocycles. The number of carbonyl (C=O) groups is 2. The lowest BCUT2D eigenvalue weighted by atomic mass is 9.90. The van der Waals surface area contributed by atoms with Crippen LogP contribution in [0.5, 0.6) is 5.75 Å². The summed E-state index contributed by atoms with van der Waals surface area (Å²) in [4.78, 5) is 24.3. The van der Waals surface area contributed by atoms with Crippen LogP contribution < -0.4 is 10.1 Å². The molecule has 1 unspecified atom stereocenters. The number of ether oxygens (including phenoxy) is 1. The summed E-state index contributed by atoms with van der Waals surface area (Å²) >= 11 is 6.28. The van der Waals surface area contributed by atoms with Gasteiger partial charge in [-0.15, -0.1) is 11.6 Å². The second kappa shape index (κ2) is 7.68. The third-order valence-corrected chi connectivity index (χ3v) is 4.80. The van der Waals surface area contributed by atoms with E-state index in [0.717, 1.165) is 25.7 Å². The van der Waals surface area contributed by atoms with Crippen LogP contribution in [0, 0.1) is 0 Å². The van der Waals surface area contributed by atoms with Gasteiger partial charge in [0.1, 0.15) is 16.7 Å². The number of carboxylic acids is 1. The van der Waals surface area contributed by atoms with Gasteiger partial charge in [0, 0.05) is 5.56 Å². The minimum atomic E-state index is -1.22. The Kier molecular flexibility index (Phi) is 5.88. The van der Waals surface area contributed by atoms with Crippen molar-refractivity contribution in [3.8, 4) is 5.75 Å². The number of aliphatic carboxylic acids is 1. The first kappa shape index (κ1) is 17.6. The Morgan fingerprint density at radius 2 is 1.83 bits per heavy atom. The average Bonchev–Trinajstić information content (AvgIpc) is 2.80. The van der Waals surface area contributed by atoms with E-state index in [1.165, 1.54) is 7.11 Å². The lowest BCUT2D eigenvalue weighted by Gasteiger charge is -2.30. The van der Waals surface area contributed by atoms with Gasteiger partial charge in [-0.1, -0.05) is 43.9 Å². The van der Waals surface area contributed by atoms with Gasteiger partial charge in [-0.3, -0.25) is 4.79 Å². The summed E-state index contributed by atoms with van der Waals surface area (Å²) in [5.41, 5.74) is -0.689. The Morgan fingerprint density at radius 3 is 2.39 bits per heavy atom. The van der Waals surface area contributed by atoms with Gasteiger partial charge in [0.05, 0.1) is 7.11 Å². The fourth-order valence-electron chi connectivity index (χ4n) is 3.04. The molecule has 1 fully saturated rings. The van der Waals surface area contributed by atoms with Crippen molar-refractivity contribution in [2.24, 2.45) is 0 Å². The van der Waals surface area contributed by atoms with Gasteiger partial charge >= 0.3 is 5.97 Å². The number of rotatable bonds is 5. The highest BCUT2D eigenvalue weighted by Gasteiger charge is 2.41. The van der Waals surface area contributed by atoms with E-state index in [-0.39, 0.29) is 0 Å². The molecule has 0 bridgehead atoms. The van der Waals surface area contributed by atoms with E-state index in [0.29, 0.717) is 24.2 Å². The predicted octanol–water partition coefficient (Wildman–Crippen LogP) is 3.27. The van der Waals surface area contributed by atoms with Gasteiger partial charge in [0.2, 0.25) is 5.91 Å². The summed E-state index contributed by atoms with van der Waals surface area (Å²) in [6.07, 6.45) is 4.42. The highest BCUT2D eigenvalue weighted by atomic mass is 35.5. The number of carbonyl (C=O) groups excluding carboxylic acids is 1. The zero-order chi connectivity index (χ0) is 16.9. The van der Waals surface area contributed by atoms with Crippen molar-refractivity contribution in [3.63, 3.8) is 0 Å². The molecule has 1 amide bonds. The van der Waals surface area contributed by atoms with Crippen molar-refractivity contribution in [1.29, 1.82) is 0 Å². The molecule has 1 aliphatic carbocycles. The standard InChI is InChI=1S/C17H22ClNO4/c1-23-13-9-5-4-8-12(13)14(18)15(20)19-17(16(21)22)10-6-2-3-7-11-17/h4-5,8-9,14H,2-3,6-7,10-11H2,1H3,(H,19,20)(H,21,22). The van der Waals surface area contributed by atoms with E-state index in [2.05, 4.69) is 5.32 Å². The summed E-state index contributed by atoms with van der Waals surface area (Å²) in [5, 5.41) is 11.3. The monoisotopic (exact) mass is 339 g/mol. The molecule has 126 valence electrons. The van der Waals surface area contributed by atoms with E-state index in [1.54, 1.807) is 24.3 Å². The maximum absolute atomic E-state index is 12.5. The molecule has 1 aliphatic rings. The molecule has 2 N–H and O–H groups in total. The van der Waals surface area contributed by atoms with Crippen molar-refractivity contribution in [3.05, 3.63) is 29.8 Å². The molecule has 0 radical (unpaired) electrons. The van der Waals surface area contributed by atoms with Crippen LogP contribution in [-0.2, 0) is 9.59 Å². The Bertz CT molecular complexity index is 567. The van der Waals surface area contributed by atoms with Crippen LogP contribution in [0.4, 0.5) is 0 Å². The maximum Gasteiger partial charge on any atom is 0.329 e. The van der Waals surface area contributed by atoms with E-state index >= 15 is 0 Å². The number of nitrogens with one attached hydrogen (secondary N) is 1. The number of carboxylic acid groups (broad SMARTS) is 1. The maximum atomic E-state index is 12.5. The second-order valence-electron chi connectivity index (χ2n) is 5.90. The van der Waals surface area contributed by atoms with Crippen molar-refractivity contribution in [2.75, 3.05) is 7.11 Å². The molecule has 0 aliphatic heterocycles. The lowest BCUT2D eigenvalue weighted by molar-refractivity contribution is -0.148. The van der Waals surface area contributed by atoms with E-state index in [4.69, 9.17) is 16.3 Å². The summed E-state index contributed by atoms with van der Waals surface area (Å²) < 4.78 is 5.22. The highest BCUT2D eigenvalue weighted by molar-refractivity contribution is 6.31. The first-order valence-electron chi connectivity index (χ1n) is 7.82. The molecule has 0 saturated heterocycles. The van der Waals surface area contributed by atoms with Crippen LogP contribution in [0.25, 0.3) is 0 Å². The number of hydrogen-bond acceptors (Lipinski definition) is 3. The van der Waals surface area contributed by atoms with Crippen LogP contribution >= 0.6 is 11.6 Å². The molecule has 5 nitrogen and oxygen atoms in total. The Balaban J connectivity index is 2.19. The lowest BCUT2D eigenvalue weighted by Crippen LogP contribution is -2.55. The smallest absolute Gasteiger partial charge is 0.329 e. The average molecular weight is 340 g/mol.